The average Bonchev–Trinajstić information content (AvgIpc) is 3.02. The van der Waals surface area contributed by atoms with Crippen LogP contribution in [0.1, 0.15) is 48.5 Å². The van der Waals surface area contributed by atoms with Crippen LogP contribution in [-0.4, -0.2) is 31.5 Å². The molecule has 0 radical (unpaired) electrons. The number of nitrogens with zero attached hydrogens (tertiary/aromatic N) is 4. The van der Waals surface area contributed by atoms with Crippen molar-refractivity contribution in [1.29, 1.82) is 0 Å². The van der Waals surface area contributed by atoms with E-state index < -0.39 is 6.10 Å². The lowest BCUT2D eigenvalue weighted by Crippen LogP contribution is -2.12. The fraction of sp³-hybridized carbons (Fsp3) is 0.700. The molecule has 2 aromatic heterocycles. The van der Waals surface area contributed by atoms with Gasteiger partial charge in [-0.05, 0) is 12.8 Å². The molecule has 1 atom stereocenters. The minimum atomic E-state index is -0.696. The minimum Gasteiger partial charge on any atom is -0.385 e. The van der Waals surface area contributed by atoms with E-state index in [1.165, 1.54) is 24.2 Å². The Morgan fingerprint density at radius 1 is 1.41 bits per heavy atom. The average molecular weight is 253 g/mol. The normalized spacial score (nSPS) is 19.2. The highest BCUT2D eigenvalue weighted by atomic mass is 32.1. The zero-order valence-electron chi connectivity index (χ0n) is 9.41. The number of rotatable bonds is 3. The van der Waals surface area contributed by atoms with Crippen LogP contribution >= 0.6 is 11.3 Å². The lowest BCUT2D eigenvalue weighted by molar-refractivity contribution is 0.185. The number of fused-ring (bicyclic) bond motifs is 1. The highest BCUT2D eigenvalue weighted by molar-refractivity contribution is 7.16. The molecule has 17 heavy (non-hydrogen) atoms. The Balaban J connectivity index is 1.99. The van der Waals surface area contributed by atoms with Gasteiger partial charge in [-0.3, -0.25) is 0 Å². The highest BCUT2D eigenvalue weighted by Crippen LogP contribution is 2.33. The first-order valence-electron chi connectivity index (χ1n) is 5.89. The summed E-state index contributed by atoms with van der Waals surface area (Å²) in [4.78, 5) is 0.745. The van der Waals surface area contributed by atoms with Gasteiger partial charge in [0, 0.05) is 12.5 Å². The van der Waals surface area contributed by atoms with Gasteiger partial charge < -0.3 is 10.8 Å². The number of hydrogen-bond donors (Lipinski definition) is 2. The van der Waals surface area contributed by atoms with Crippen molar-refractivity contribution < 1.29 is 5.11 Å². The Kier molecular flexibility index (Phi) is 2.81. The fourth-order valence-electron chi connectivity index (χ4n) is 2.32. The van der Waals surface area contributed by atoms with Crippen LogP contribution in [0.5, 0.6) is 0 Å². The van der Waals surface area contributed by atoms with Gasteiger partial charge in [0.1, 0.15) is 11.1 Å². The number of aliphatic hydroxyl groups excluding tert-OH is 1. The SMILES string of the molecule is NCC(O)c1nn2c(C3CCCC3)nnc2s1. The monoisotopic (exact) mass is 253 g/mol. The van der Waals surface area contributed by atoms with E-state index in [0.717, 1.165) is 23.6 Å². The second kappa shape index (κ2) is 4.32. The summed E-state index contributed by atoms with van der Waals surface area (Å²) in [6.07, 6.45) is 4.13. The molecule has 6 nitrogen and oxygen atoms in total. The first-order valence-corrected chi connectivity index (χ1v) is 6.71. The van der Waals surface area contributed by atoms with E-state index in [-0.39, 0.29) is 6.54 Å². The van der Waals surface area contributed by atoms with Gasteiger partial charge in [-0.15, -0.1) is 10.2 Å². The van der Waals surface area contributed by atoms with Gasteiger partial charge in [-0.25, -0.2) is 0 Å². The molecule has 0 spiro atoms. The van der Waals surface area contributed by atoms with E-state index in [1.54, 1.807) is 4.52 Å². The van der Waals surface area contributed by atoms with Crippen LogP contribution in [0.2, 0.25) is 0 Å². The molecular weight excluding hydrogens is 238 g/mol. The lowest BCUT2D eigenvalue weighted by atomic mass is 10.1. The minimum absolute atomic E-state index is 0.183. The standard InChI is InChI=1S/C10H15N5OS/c11-5-7(16)9-14-15-8(6-3-1-2-4-6)12-13-10(15)17-9/h6-7,16H,1-5,11H2. The third kappa shape index (κ3) is 1.84. The smallest absolute Gasteiger partial charge is 0.234 e. The summed E-state index contributed by atoms with van der Waals surface area (Å²) in [5.74, 6) is 1.40. The number of hydrogen-bond acceptors (Lipinski definition) is 6. The van der Waals surface area contributed by atoms with Crippen molar-refractivity contribution in [3.8, 4) is 0 Å². The third-order valence-electron chi connectivity index (χ3n) is 3.26. The maximum Gasteiger partial charge on any atom is 0.234 e. The van der Waals surface area contributed by atoms with Crippen LogP contribution in [0.25, 0.3) is 4.96 Å². The van der Waals surface area contributed by atoms with Crippen molar-refractivity contribution in [2.75, 3.05) is 6.54 Å². The Morgan fingerprint density at radius 2 is 2.18 bits per heavy atom. The van der Waals surface area contributed by atoms with Gasteiger partial charge in [0.2, 0.25) is 4.96 Å². The van der Waals surface area contributed by atoms with Crippen LogP contribution in [-0.2, 0) is 0 Å². The topological polar surface area (TPSA) is 89.3 Å². The summed E-state index contributed by atoms with van der Waals surface area (Å²) in [7, 11) is 0. The van der Waals surface area contributed by atoms with E-state index in [1.807, 2.05) is 0 Å². The molecule has 1 unspecified atom stereocenters. The van der Waals surface area contributed by atoms with E-state index in [4.69, 9.17) is 5.73 Å². The molecule has 92 valence electrons. The van der Waals surface area contributed by atoms with Crippen LogP contribution in [0.15, 0.2) is 0 Å². The van der Waals surface area contributed by atoms with Crippen LogP contribution in [0.3, 0.4) is 0 Å². The van der Waals surface area contributed by atoms with Gasteiger partial charge in [-0.2, -0.15) is 9.61 Å². The zero-order chi connectivity index (χ0) is 11.8. The van der Waals surface area contributed by atoms with Gasteiger partial charge >= 0.3 is 0 Å². The molecule has 2 aromatic rings. The Labute approximate surface area is 102 Å². The van der Waals surface area contributed by atoms with Crippen LogP contribution < -0.4 is 5.73 Å². The molecule has 7 heteroatoms. The van der Waals surface area contributed by atoms with E-state index in [2.05, 4.69) is 15.3 Å². The van der Waals surface area contributed by atoms with E-state index >= 15 is 0 Å². The third-order valence-corrected chi connectivity index (χ3v) is 4.26. The molecule has 0 aromatic carbocycles. The van der Waals surface area contributed by atoms with E-state index in [0.29, 0.717) is 10.9 Å². The first-order chi connectivity index (χ1) is 8.29. The molecule has 3 rings (SSSR count). The van der Waals surface area contributed by atoms with Gasteiger partial charge in [-0.1, -0.05) is 24.2 Å². The maximum atomic E-state index is 9.67. The molecule has 1 saturated carbocycles. The molecule has 1 aliphatic carbocycles. The molecule has 0 amide bonds. The van der Waals surface area contributed by atoms with Crippen LogP contribution in [0.4, 0.5) is 0 Å². The zero-order valence-corrected chi connectivity index (χ0v) is 10.2. The highest BCUT2D eigenvalue weighted by Gasteiger charge is 2.24. The van der Waals surface area contributed by atoms with Crippen molar-refractivity contribution in [2.45, 2.75) is 37.7 Å². The van der Waals surface area contributed by atoms with Crippen molar-refractivity contribution >= 4 is 16.3 Å². The molecule has 1 aliphatic rings. The summed E-state index contributed by atoms with van der Waals surface area (Å²) in [5.41, 5.74) is 5.43. The molecule has 3 N–H and O–H groups in total. The van der Waals surface area contributed by atoms with Gasteiger partial charge in [0.25, 0.3) is 0 Å². The largest absolute Gasteiger partial charge is 0.385 e. The quantitative estimate of drug-likeness (QED) is 0.846. The van der Waals surface area contributed by atoms with Crippen molar-refractivity contribution in [2.24, 2.45) is 5.73 Å². The van der Waals surface area contributed by atoms with Crippen molar-refractivity contribution in [3.05, 3.63) is 10.8 Å². The van der Waals surface area contributed by atoms with E-state index in [9.17, 15) is 5.11 Å². The van der Waals surface area contributed by atoms with Crippen LogP contribution in [0, 0.1) is 0 Å². The van der Waals surface area contributed by atoms with Gasteiger partial charge in [0.05, 0.1) is 0 Å². The summed E-state index contributed by atoms with van der Waals surface area (Å²) in [6, 6.07) is 0. The predicted molar refractivity (Wildman–Crippen MR) is 63.9 cm³/mol. The number of aromatic nitrogens is 4. The Bertz CT molecular complexity index is 516. The first kappa shape index (κ1) is 11.1. The second-order valence-electron chi connectivity index (χ2n) is 4.43. The molecule has 1 fully saturated rings. The number of aliphatic hydroxyl groups is 1. The molecule has 0 bridgehead atoms. The van der Waals surface area contributed by atoms with Crippen molar-refractivity contribution in [3.63, 3.8) is 0 Å². The molecular formula is C10H15N5OS. The maximum absolute atomic E-state index is 9.67. The molecule has 2 heterocycles. The Morgan fingerprint density at radius 3 is 2.88 bits per heavy atom. The summed E-state index contributed by atoms with van der Waals surface area (Å²) >= 11 is 1.36. The molecule has 0 saturated heterocycles. The fourth-order valence-corrected chi connectivity index (χ4v) is 3.17. The second-order valence-corrected chi connectivity index (χ2v) is 5.41. The predicted octanol–water partition coefficient (Wildman–Crippen LogP) is 0.835. The summed E-state index contributed by atoms with van der Waals surface area (Å²) < 4.78 is 1.77. The van der Waals surface area contributed by atoms with Gasteiger partial charge in [0.15, 0.2) is 5.82 Å². The van der Waals surface area contributed by atoms with Crippen molar-refractivity contribution in [1.82, 2.24) is 19.8 Å². The summed E-state index contributed by atoms with van der Waals surface area (Å²) in [6.45, 7) is 0.183. The number of nitrogens with two attached hydrogens (primary N) is 1. The summed E-state index contributed by atoms with van der Waals surface area (Å²) in [5, 5.41) is 23.0. The molecule has 0 aliphatic heterocycles. The Hall–Kier alpha value is -1.05. The lowest BCUT2D eigenvalue weighted by Gasteiger charge is -2.04.